The van der Waals surface area contributed by atoms with E-state index in [-0.39, 0.29) is 51.0 Å². The maximum Gasteiger partial charge on any atom is 0.326 e. The van der Waals surface area contributed by atoms with E-state index in [4.69, 9.17) is 34.1 Å². The Morgan fingerprint density at radius 2 is 0.697 bits per heavy atom. The number of carbonyl (C=O) groups excluding carboxylic acids is 18. The summed E-state index contributed by atoms with van der Waals surface area (Å²) >= 11 is 0. The molecule has 1 aromatic carbocycles. The topological polar surface area (TPSA) is 896 Å². The first-order valence-electron chi connectivity index (χ1n) is 42.2. The van der Waals surface area contributed by atoms with Gasteiger partial charge in [0, 0.05) is 38.6 Å². The van der Waals surface area contributed by atoms with Crippen LogP contribution < -0.4 is 119 Å². The summed E-state index contributed by atoms with van der Waals surface area (Å²) in [7, 11) is 0. The van der Waals surface area contributed by atoms with Crippen LogP contribution in [-0.4, -0.2) is 320 Å². The fourth-order valence-electron chi connectivity index (χ4n) is 12.2. The SMILES string of the molecule is CC(C)C[C@H](NC(=O)[C@H](CCC(N)=O)NC(=O)[C@H](CCC(=O)O)NC(=O)[C@H](CO)NC(=O)[C@@H](NC(=O)[C@H](CO)NC(=O)CNC(=O)[C@H](CO)NC(=O)[C@H](CCC(=O)O)NC(=O)[C@@H](N)CCCCN)C(C)C)C(=O)N[C@@H](C)C(=O)N[C@@H](CCC(N)=O)C(=O)N[C@@H](Cc1ccccc1)C(=O)N[C@@H](CCCNC(=N)N)C(=O)N[C@@H](CO)C(=O)N[C@@H](CC(C)C)C(=O)N[C@@H](CC(=O)O)C(=O)O. The van der Waals surface area contributed by atoms with Crippen LogP contribution in [0.25, 0.3) is 0 Å². The Balaban J connectivity index is 3.56. The average Bonchev–Trinajstić information content (AvgIpc) is 0.852. The van der Waals surface area contributed by atoms with E-state index in [9.17, 15) is 146 Å². The van der Waals surface area contributed by atoms with E-state index in [1.807, 2.05) is 5.32 Å². The molecule has 0 saturated heterocycles. The van der Waals surface area contributed by atoms with Gasteiger partial charge in [-0.2, -0.15) is 0 Å². The number of aliphatic hydroxyl groups excluding tert-OH is 4. The van der Waals surface area contributed by atoms with Crippen LogP contribution in [0.3, 0.4) is 0 Å². The molecule has 132 heavy (non-hydrogen) atoms. The van der Waals surface area contributed by atoms with Crippen LogP contribution in [0.15, 0.2) is 30.3 Å². The van der Waals surface area contributed by atoms with Crippen molar-refractivity contribution in [1.82, 2.24) is 90.4 Å². The third-order valence-corrected chi connectivity index (χ3v) is 19.4. The van der Waals surface area contributed by atoms with Crippen LogP contribution >= 0.6 is 0 Å². The molecule has 0 bridgehead atoms. The molecule has 0 radical (unpaired) electrons. The minimum atomic E-state index is -2.04. The summed E-state index contributed by atoms with van der Waals surface area (Å²) in [5, 5.41) is 125. The third kappa shape index (κ3) is 46.2. The van der Waals surface area contributed by atoms with Crippen molar-refractivity contribution in [2.75, 3.05) is 46.1 Å². The lowest BCUT2D eigenvalue weighted by molar-refractivity contribution is -0.147. The van der Waals surface area contributed by atoms with E-state index >= 15 is 0 Å². The number of carboxylic acids is 4. The average molecular weight is 1880 g/mol. The molecule has 53 heteroatoms. The number of hydrogen-bond acceptors (Lipinski definition) is 29. The van der Waals surface area contributed by atoms with Crippen molar-refractivity contribution in [3.05, 3.63) is 35.9 Å². The molecule has 0 aliphatic heterocycles. The van der Waals surface area contributed by atoms with Crippen LogP contribution in [-0.2, 0) is 112 Å². The second-order valence-electron chi connectivity index (χ2n) is 31.9. The predicted molar refractivity (Wildman–Crippen MR) is 460 cm³/mol. The maximum atomic E-state index is 14.6. The fourth-order valence-corrected chi connectivity index (χ4v) is 12.2. The molecule has 0 fully saturated rings. The van der Waals surface area contributed by atoms with Crippen molar-refractivity contribution >= 4 is 136 Å². The number of rotatable bonds is 66. The summed E-state index contributed by atoms with van der Waals surface area (Å²) < 4.78 is 0. The van der Waals surface area contributed by atoms with E-state index < -0.39 is 335 Å². The van der Waals surface area contributed by atoms with Crippen LogP contribution in [0, 0.1) is 23.2 Å². The summed E-state index contributed by atoms with van der Waals surface area (Å²) in [6, 6.07) is -20.0. The number of aliphatic hydroxyl groups is 4. The zero-order valence-corrected chi connectivity index (χ0v) is 74.3. The number of guanidine groups is 1. The summed E-state index contributed by atoms with van der Waals surface area (Å²) in [6.45, 7) is 4.88. The lowest BCUT2D eigenvalue weighted by Crippen LogP contribution is -2.61. The second kappa shape index (κ2) is 61.2. The van der Waals surface area contributed by atoms with Gasteiger partial charge in [-0.05, 0) is 101 Å². The van der Waals surface area contributed by atoms with Crippen LogP contribution in [0.1, 0.15) is 157 Å². The molecule has 18 amide bonds. The van der Waals surface area contributed by atoms with Gasteiger partial charge in [-0.15, -0.1) is 0 Å². The maximum absolute atomic E-state index is 14.6. The van der Waals surface area contributed by atoms with Crippen LogP contribution in [0.4, 0.5) is 0 Å². The smallest absolute Gasteiger partial charge is 0.326 e. The molecule has 0 spiro atoms. The monoisotopic (exact) mass is 1880 g/mol. The lowest BCUT2D eigenvalue weighted by Gasteiger charge is -2.28. The van der Waals surface area contributed by atoms with Gasteiger partial charge in [0.05, 0.1) is 45.4 Å². The zero-order chi connectivity index (χ0) is 100. The molecule has 0 aliphatic carbocycles. The minimum absolute atomic E-state index is 0.0474. The molecule has 0 aliphatic rings. The number of carbonyl (C=O) groups is 22. The number of primary amides is 2. The Morgan fingerprint density at radius 1 is 0.348 bits per heavy atom. The molecular formula is C79H129N23O30. The zero-order valence-electron chi connectivity index (χ0n) is 74.3. The summed E-state index contributed by atoms with van der Waals surface area (Å²) in [5.41, 5.74) is 28.1. The molecule has 0 aromatic heterocycles. The highest BCUT2D eigenvalue weighted by molar-refractivity contribution is 6.02. The number of amides is 18. The van der Waals surface area contributed by atoms with Crippen molar-refractivity contribution in [3.8, 4) is 0 Å². The fraction of sp³-hybridized carbons (Fsp3) is 0.633. The van der Waals surface area contributed by atoms with Gasteiger partial charge < -0.3 is 160 Å². The summed E-state index contributed by atoms with van der Waals surface area (Å²) in [6.07, 6.45) is -6.30. The van der Waals surface area contributed by atoms with Gasteiger partial charge in [-0.25, -0.2) is 4.79 Å². The largest absolute Gasteiger partial charge is 0.481 e. The van der Waals surface area contributed by atoms with Crippen molar-refractivity contribution in [1.29, 1.82) is 5.41 Å². The number of nitrogens with two attached hydrogens (primary N) is 5. The highest BCUT2D eigenvalue weighted by Crippen LogP contribution is 2.15. The summed E-state index contributed by atoms with van der Waals surface area (Å²) in [5.74, 6) is -29.3. The Morgan fingerprint density at radius 3 is 1.10 bits per heavy atom. The van der Waals surface area contributed by atoms with Gasteiger partial charge in [-0.3, -0.25) is 106 Å². The number of aliphatic carboxylic acids is 4. The third-order valence-electron chi connectivity index (χ3n) is 19.4. The van der Waals surface area contributed by atoms with Crippen molar-refractivity contribution < 1.29 is 146 Å². The van der Waals surface area contributed by atoms with Gasteiger partial charge in [0.1, 0.15) is 90.6 Å². The molecule has 53 nitrogen and oxygen atoms in total. The molecular weight excluding hydrogens is 1750 g/mol. The standard InChI is InChI=1S/C79H129N23O30/c1-37(2)28-48(71(124)88-40(7)63(116)90-44(18-22-56(82)107)68(121)97-50(30-41-14-9-8-10-15-41)73(126)92-43(17-13-27-86-79(84)85)66(119)100-54(35-105)75(128)96-49(29-38(3)4)72(125)98-51(78(131)132)31-61(114)115)95-69(122)45(19-23-57(83)108)93-67(120)47(21-25-60(112)113)94-74(127)55(36-106)101-77(130)62(39(5)6)102-76(129)53(34-104)89-58(109)32-87-65(118)52(33-103)99-70(123)46(20-24-59(110)111)91-64(117)42(81)16-11-12-26-80/h8-10,14-15,37-40,42-55,62,103-106H,11-13,16-36,80-81H2,1-7H3,(H2,82,107)(H2,83,108)(H,87,118)(H,88,124)(H,89,109)(H,90,116)(H,91,117)(H,92,126)(H,93,120)(H,94,127)(H,95,122)(H,96,128)(H,97,121)(H,98,125)(H,99,123)(H,100,119)(H,101,130)(H,102,129)(H,110,111)(H,112,113)(H,114,115)(H,131,132)(H4,84,85,86)/t40-,42-,43-,44-,45-,46-,47-,48-,49-,50-,51-,52-,53-,54-,55-,62-/m0/s1. The Bertz CT molecular complexity index is 4130. The highest BCUT2D eigenvalue weighted by Gasteiger charge is 2.40. The molecule has 16 atom stereocenters. The number of nitrogens with one attached hydrogen (secondary N) is 18. The highest BCUT2D eigenvalue weighted by atomic mass is 16.4. The second-order valence-corrected chi connectivity index (χ2v) is 31.9. The molecule has 36 N–H and O–H groups in total. The number of carboxylic acid groups (broad SMARTS) is 4. The first kappa shape index (κ1) is 117. The van der Waals surface area contributed by atoms with E-state index in [1.54, 1.807) is 58.0 Å². The molecule has 0 saturated carbocycles. The van der Waals surface area contributed by atoms with Gasteiger partial charge in [0.15, 0.2) is 5.96 Å². The van der Waals surface area contributed by atoms with Gasteiger partial charge >= 0.3 is 23.9 Å². The van der Waals surface area contributed by atoms with E-state index in [0.717, 1.165) is 6.92 Å². The van der Waals surface area contributed by atoms with Crippen molar-refractivity contribution in [2.45, 2.75) is 254 Å². The minimum Gasteiger partial charge on any atom is -0.481 e. The van der Waals surface area contributed by atoms with Gasteiger partial charge in [0.2, 0.25) is 106 Å². The van der Waals surface area contributed by atoms with Crippen molar-refractivity contribution in [2.24, 2.45) is 46.4 Å². The Labute approximate surface area is 758 Å². The van der Waals surface area contributed by atoms with Crippen molar-refractivity contribution in [3.63, 3.8) is 0 Å². The normalized spacial score (nSPS) is 14.7. The number of benzene rings is 1. The Hall–Kier alpha value is -13.4. The van der Waals surface area contributed by atoms with Crippen LogP contribution in [0.5, 0.6) is 0 Å². The molecule has 0 unspecified atom stereocenters. The number of unbranched alkanes of at least 4 members (excludes halogenated alkanes) is 1. The first-order valence-corrected chi connectivity index (χ1v) is 42.2. The predicted octanol–water partition coefficient (Wildman–Crippen LogP) is -12.1. The number of hydrogen-bond donors (Lipinski definition) is 31. The molecule has 1 aromatic rings. The van der Waals surface area contributed by atoms with Gasteiger partial charge in [-0.1, -0.05) is 78.3 Å². The lowest BCUT2D eigenvalue weighted by atomic mass is 10.0. The molecule has 1 rings (SSSR count). The molecule has 0 heterocycles. The Kier molecular flexibility index (Phi) is 54.1. The van der Waals surface area contributed by atoms with Crippen LogP contribution in [0.2, 0.25) is 0 Å². The van der Waals surface area contributed by atoms with E-state index in [2.05, 4.69) is 85.1 Å². The summed E-state index contributed by atoms with van der Waals surface area (Å²) in [4.78, 5) is 292. The quantitative estimate of drug-likeness (QED) is 0.0164. The van der Waals surface area contributed by atoms with Gasteiger partial charge in [0.25, 0.3) is 0 Å². The van der Waals surface area contributed by atoms with E-state index in [1.165, 1.54) is 13.8 Å². The van der Waals surface area contributed by atoms with E-state index in [0.29, 0.717) is 24.9 Å². The first-order chi connectivity index (χ1) is 61.9. The molecule has 740 valence electrons.